The van der Waals surface area contributed by atoms with E-state index in [1.807, 2.05) is 4.90 Å². The normalized spacial score (nSPS) is 20.4. The fourth-order valence-corrected chi connectivity index (χ4v) is 2.12. The lowest BCUT2D eigenvalue weighted by atomic mass is 10.3. The van der Waals surface area contributed by atoms with Crippen LogP contribution >= 0.6 is 0 Å². The average molecular weight is 248 g/mol. The first-order valence-electron chi connectivity index (χ1n) is 7.28. The van der Waals surface area contributed by atoms with E-state index in [4.69, 9.17) is 4.11 Å². The lowest BCUT2D eigenvalue weighted by Crippen LogP contribution is -2.45. The maximum atomic E-state index is 10.8. The predicted octanol–water partition coefficient (Wildman–Crippen LogP) is 0.294. The Morgan fingerprint density at radius 2 is 2.22 bits per heavy atom. The van der Waals surface area contributed by atoms with Crippen molar-refractivity contribution in [2.24, 2.45) is 0 Å². The van der Waals surface area contributed by atoms with Crippen LogP contribution in [0.5, 0.6) is 0 Å². The Morgan fingerprint density at radius 1 is 1.39 bits per heavy atom. The van der Waals surface area contributed by atoms with Crippen molar-refractivity contribution in [1.82, 2.24) is 19.3 Å². The van der Waals surface area contributed by atoms with E-state index < -0.39 is 6.98 Å². The minimum atomic E-state index is -2.05. The second kappa shape index (κ2) is 4.38. The summed E-state index contributed by atoms with van der Waals surface area (Å²) in [5.74, 6) is 0.679. The molecule has 6 nitrogen and oxygen atoms in total. The van der Waals surface area contributed by atoms with E-state index in [9.17, 15) is 4.79 Å². The first-order valence-corrected chi connectivity index (χ1v) is 5.78. The molecule has 1 saturated heterocycles. The lowest BCUT2D eigenvalue weighted by molar-refractivity contribution is 0.111. The molecule has 0 amide bonds. The molecule has 2 aromatic heterocycles. The van der Waals surface area contributed by atoms with Crippen molar-refractivity contribution in [3.8, 4) is 0 Å². The third-order valence-corrected chi connectivity index (χ3v) is 3.06. The average Bonchev–Trinajstić information content (AvgIpc) is 2.89. The molecule has 0 N–H and O–H groups in total. The van der Waals surface area contributed by atoms with Gasteiger partial charge in [0.05, 0.1) is 0 Å². The van der Waals surface area contributed by atoms with E-state index in [-0.39, 0.29) is 0 Å². The number of anilines is 1. The molecule has 1 fully saturated rings. The van der Waals surface area contributed by atoms with Gasteiger partial charge in [0.1, 0.15) is 11.3 Å². The highest BCUT2D eigenvalue weighted by molar-refractivity contribution is 5.73. The number of carbonyl (C=O) groups excluding carboxylic acids is 1. The van der Waals surface area contributed by atoms with Gasteiger partial charge in [0.15, 0.2) is 6.29 Å². The molecule has 3 rings (SSSR count). The van der Waals surface area contributed by atoms with E-state index in [1.165, 1.54) is 4.90 Å². The third kappa shape index (κ3) is 1.84. The maximum Gasteiger partial charge on any atom is 0.211 e. The number of aromatic nitrogens is 3. The number of fused-ring (bicyclic) bond motifs is 1. The first-order chi connectivity index (χ1) is 9.99. The van der Waals surface area contributed by atoms with Crippen LogP contribution < -0.4 is 4.90 Å². The maximum absolute atomic E-state index is 10.8. The van der Waals surface area contributed by atoms with Crippen molar-refractivity contribution < 1.29 is 8.91 Å². The predicted molar refractivity (Wildman–Crippen MR) is 68.1 cm³/mol. The Kier molecular flexibility index (Phi) is 2.00. The Morgan fingerprint density at radius 3 is 2.94 bits per heavy atom. The highest BCUT2D eigenvalue weighted by atomic mass is 16.1. The standard InChI is InChI=1S/C12H15N5O/c1-15-4-6-16(7-5-15)12-13-3-2-11-14-10(9-18)8-17(11)12/h2-3,8-9H,4-7H2,1H3/i1D3. The van der Waals surface area contributed by atoms with Crippen molar-refractivity contribution in [2.75, 3.05) is 38.1 Å². The third-order valence-electron chi connectivity index (χ3n) is 3.06. The molecular formula is C12H15N5O. The number of imidazole rings is 1. The summed E-state index contributed by atoms with van der Waals surface area (Å²) >= 11 is 0. The van der Waals surface area contributed by atoms with Crippen LogP contribution in [0.2, 0.25) is 0 Å². The summed E-state index contributed by atoms with van der Waals surface area (Å²) < 4.78 is 24.0. The van der Waals surface area contributed by atoms with E-state index >= 15 is 0 Å². The van der Waals surface area contributed by atoms with Gasteiger partial charge in [-0.2, -0.15) is 0 Å². The van der Waals surface area contributed by atoms with E-state index in [1.54, 1.807) is 22.9 Å². The molecule has 0 saturated carbocycles. The van der Waals surface area contributed by atoms with Crippen LogP contribution in [-0.2, 0) is 0 Å². The second-order valence-corrected chi connectivity index (χ2v) is 4.23. The quantitative estimate of drug-likeness (QED) is 0.715. The summed E-state index contributed by atoms with van der Waals surface area (Å²) in [7, 11) is 0. The Labute approximate surface area is 109 Å². The molecule has 0 aromatic carbocycles. The van der Waals surface area contributed by atoms with Gasteiger partial charge >= 0.3 is 0 Å². The second-order valence-electron chi connectivity index (χ2n) is 4.23. The molecular weight excluding hydrogens is 230 g/mol. The first kappa shape index (κ1) is 8.20. The zero-order chi connectivity index (χ0) is 15.0. The monoisotopic (exact) mass is 248 g/mol. The van der Waals surface area contributed by atoms with Crippen molar-refractivity contribution >= 4 is 17.9 Å². The number of piperazine rings is 1. The highest BCUT2D eigenvalue weighted by Gasteiger charge is 2.18. The summed E-state index contributed by atoms with van der Waals surface area (Å²) in [6.07, 6.45) is 3.98. The molecule has 0 aliphatic carbocycles. The number of aldehydes is 1. The SMILES string of the molecule is [2H]C([2H])([2H])N1CCN(c2nccc3nc(C=O)cn23)CC1. The molecule has 2 aromatic rings. The van der Waals surface area contributed by atoms with Crippen LogP contribution in [0.25, 0.3) is 5.65 Å². The highest BCUT2D eigenvalue weighted by Crippen LogP contribution is 2.15. The largest absolute Gasteiger partial charge is 0.339 e. The molecule has 3 heterocycles. The van der Waals surface area contributed by atoms with E-state index in [0.29, 0.717) is 49.8 Å². The molecule has 0 unspecified atom stereocenters. The number of carbonyl (C=O) groups is 1. The van der Waals surface area contributed by atoms with Gasteiger partial charge in [-0.15, -0.1) is 0 Å². The van der Waals surface area contributed by atoms with Gasteiger partial charge in [-0.1, -0.05) is 0 Å². The minimum absolute atomic E-state index is 0.352. The topological polar surface area (TPSA) is 53.7 Å². The van der Waals surface area contributed by atoms with Crippen LogP contribution in [0.3, 0.4) is 0 Å². The molecule has 18 heavy (non-hydrogen) atoms. The van der Waals surface area contributed by atoms with Gasteiger partial charge in [0.25, 0.3) is 0 Å². The molecule has 0 bridgehead atoms. The van der Waals surface area contributed by atoms with Gasteiger partial charge in [-0.3, -0.25) is 9.20 Å². The molecule has 0 radical (unpaired) electrons. The molecule has 94 valence electrons. The fourth-order valence-electron chi connectivity index (χ4n) is 2.12. The van der Waals surface area contributed by atoms with Crippen molar-refractivity contribution in [3.63, 3.8) is 0 Å². The van der Waals surface area contributed by atoms with Crippen LogP contribution in [-0.4, -0.2) is 58.7 Å². The van der Waals surface area contributed by atoms with Gasteiger partial charge in [0, 0.05) is 42.7 Å². The number of nitrogens with zero attached hydrogens (tertiary/aromatic N) is 5. The minimum Gasteiger partial charge on any atom is -0.339 e. The van der Waals surface area contributed by atoms with Gasteiger partial charge < -0.3 is 9.80 Å². The van der Waals surface area contributed by atoms with E-state index in [0.717, 1.165) is 0 Å². The van der Waals surface area contributed by atoms with Gasteiger partial charge in [-0.05, 0) is 13.0 Å². The number of hydrogen-bond acceptors (Lipinski definition) is 5. The summed E-state index contributed by atoms with van der Waals surface area (Å²) in [5.41, 5.74) is 1.01. The number of hydrogen-bond donors (Lipinski definition) is 0. The zero-order valence-corrected chi connectivity index (χ0v) is 9.78. The molecule has 0 atom stereocenters. The molecule has 1 aliphatic rings. The van der Waals surface area contributed by atoms with Crippen LogP contribution in [0.15, 0.2) is 18.5 Å². The fraction of sp³-hybridized carbons (Fsp3) is 0.417. The van der Waals surface area contributed by atoms with Crippen LogP contribution in [0.4, 0.5) is 5.95 Å². The van der Waals surface area contributed by atoms with Crippen LogP contribution in [0.1, 0.15) is 14.6 Å². The summed E-state index contributed by atoms with van der Waals surface area (Å²) in [6.45, 7) is -0.0168. The van der Waals surface area contributed by atoms with Crippen molar-refractivity contribution in [1.29, 1.82) is 0 Å². The van der Waals surface area contributed by atoms with Gasteiger partial charge in [0.2, 0.25) is 5.95 Å². The van der Waals surface area contributed by atoms with Crippen molar-refractivity contribution in [3.05, 3.63) is 24.2 Å². The number of rotatable bonds is 2. The van der Waals surface area contributed by atoms with Crippen molar-refractivity contribution in [2.45, 2.75) is 0 Å². The van der Waals surface area contributed by atoms with Gasteiger partial charge in [-0.25, -0.2) is 9.97 Å². The Hall–Kier alpha value is -1.95. The Balaban J connectivity index is 1.85. The summed E-state index contributed by atoms with van der Waals surface area (Å²) in [4.78, 5) is 22.8. The molecule has 1 aliphatic heterocycles. The Bertz CT molecular complexity index is 660. The summed E-state index contributed by atoms with van der Waals surface area (Å²) in [6, 6.07) is 1.73. The molecule has 6 heteroatoms. The lowest BCUT2D eigenvalue weighted by Gasteiger charge is -2.33. The smallest absolute Gasteiger partial charge is 0.211 e. The zero-order valence-electron chi connectivity index (χ0n) is 12.8. The van der Waals surface area contributed by atoms with Crippen LogP contribution in [0, 0.1) is 0 Å². The number of likely N-dealkylation sites (N-methyl/N-ethyl adjacent to an activating group) is 1. The summed E-state index contributed by atoms with van der Waals surface area (Å²) in [5, 5.41) is 0. The molecule has 0 spiro atoms. The van der Waals surface area contributed by atoms with E-state index in [2.05, 4.69) is 9.97 Å².